The highest BCUT2D eigenvalue weighted by Crippen LogP contribution is 2.33. The van der Waals surface area contributed by atoms with Gasteiger partial charge in [0.15, 0.2) is 0 Å². The second kappa shape index (κ2) is 5.99. The average Bonchev–Trinajstić information content (AvgIpc) is 3.31. The Balaban J connectivity index is 1.30. The Kier molecular flexibility index (Phi) is 3.87. The fraction of sp³-hybridized carbons (Fsp3) is 0.667. The molecule has 2 aliphatic heterocycles. The molecule has 1 aromatic heterocycles. The van der Waals surface area contributed by atoms with Gasteiger partial charge in [0, 0.05) is 56.5 Å². The first-order valence-electron chi connectivity index (χ1n) is 8.72. The van der Waals surface area contributed by atoms with Crippen LogP contribution < -0.4 is 0 Å². The lowest BCUT2D eigenvalue weighted by Gasteiger charge is -2.44. The van der Waals surface area contributed by atoms with Gasteiger partial charge in [0.05, 0.1) is 0 Å². The number of likely N-dealkylation sites (tertiary alicyclic amines) is 2. The summed E-state index contributed by atoms with van der Waals surface area (Å²) < 4.78 is 0. The van der Waals surface area contributed by atoms with E-state index < -0.39 is 0 Å². The van der Waals surface area contributed by atoms with Crippen molar-refractivity contribution in [2.45, 2.75) is 44.1 Å². The van der Waals surface area contributed by atoms with Gasteiger partial charge in [-0.3, -0.25) is 14.7 Å². The van der Waals surface area contributed by atoms with Crippen molar-refractivity contribution in [3.05, 3.63) is 30.1 Å². The van der Waals surface area contributed by atoms with Crippen LogP contribution in [0.1, 0.15) is 43.7 Å². The lowest BCUT2D eigenvalue weighted by atomic mass is 9.92. The maximum absolute atomic E-state index is 12.2. The quantitative estimate of drug-likeness (QED) is 0.856. The lowest BCUT2D eigenvalue weighted by Crippen LogP contribution is -2.51. The molecule has 1 amide bonds. The van der Waals surface area contributed by atoms with Gasteiger partial charge in [-0.15, -0.1) is 0 Å². The van der Waals surface area contributed by atoms with Crippen molar-refractivity contribution in [2.75, 3.05) is 26.2 Å². The molecule has 3 heterocycles. The molecule has 4 heteroatoms. The summed E-state index contributed by atoms with van der Waals surface area (Å²) in [6, 6.07) is 6.78. The first kappa shape index (κ1) is 14.2. The normalized spacial score (nSPS) is 27.5. The molecular formula is C18H25N3O. The van der Waals surface area contributed by atoms with Gasteiger partial charge in [-0.2, -0.15) is 0 Å². The highest BCUT2D eigenvalue weighted by molar-refractivity contribution is 5.76. The fourth-order valence-electron chi connectivity index (χ4n) is 3.81. The number of aromatic nitrogens is 1. The SMILES string of the molecule is O=C1CCC(N2CC(c3ccccn3)C2)CCN1CC1CC1. The molecule has 1 saturated carbocycles. The maximum atomic E-state index is 12.2. The van der Waals surface area contributed by atoms with Crippen LogP contribution in [0.2, 0.25) is 0 Å². The zero-order valence-electron chi connectivity index (χ0n) is 13.2. The molecule has 3 fully saturated rings. The Hall–Kier alpha value is -1.42. The smallest absolute Gasteiger partial charge is 0.222 e. The molecule has 1 atom stereocenters. The van der Waals surface area contributed by atoms with Crippen LogP contribution in [0.4, 0.5) is 0 Å². The molecule has 0 bridgehead atoms. The second-order valence-corrected chi connectivity index (χ2v) is 7.17. The van der Waals surface area contributed by atoms with Gasteiger partial charge in [0.1, 0.15) is 0 Å². The van der Waals surface area contributed by atoms with Crippen molar-refractivity contribution in [3.8, 4) is 0 Å². The number of rotatable bonds is 4. The van der Waals surface area contributed by atoms with Crippen molar-refractivity contribution in [1.82, 2.24) is 14.8 Å². The Morgan fingerprint density at radius 3 is 2.73 bits per heavy atom. The van der Waals surface area contributed by atoms with E-state index in [-0.39, 0.29) is 0 Å². The van der Waals surface area contributed by atoms with Crippen LogP contribution in [0.5, 0.6) is 0 Å². The molecule has 1 aromatic rings. The summed E-state index contributed by atoms with van der Waals surface area (Å²) in [5, 5.41) is 0. The zero-order chi connectivity index (χ0) is 14.9. The molecule has 0 radical (unpaired) electrons. The molecule has 4 rings (SSSR count). The summed E-state index contributed by atoms with van der Waals surface area (Å²) in [6.07, 6.45) is 7.46. The van der Waals surface area contributed by atoms with Crippen LogP contribution >= 0.6 is 0 Å². The van der Waals surface area contributed by atoms with E-state index in [1.165, 1.54) is 18.5 Å². The van der Waals surface area contributed by atoms with Gasteiger partial charge < -0.3 is 4.90 Å². The highest BCUT2D eigenvalue weighted by Gasteiger charge is 2.36. The van der Waals surface area contributed by atoms with Gasteiger partial charge in [-0.1, -0.05) is 6.07 Å². The standard InChI is InChI=1S/C18H25N3O/c22-18-7-6-16(8-10-20(18)11-14-4-5-14)21-12-15(13-21)17-3-1-2-9-19-17/h1-3,9,14-16H,4-8,10-13H2. The largest absolute Gasteiger partial charge is 0.342 e. The summed E-state index contributed by atoms with van der Waals surface area (Å²) in [6.45, 7) is 4.20. The predicted molar refractivity (Wildman–Crippen MR) is 85.5 cm³/mol. The monoisotopic (exact) mass is 299 g/mol. The van der Waals surface area contributed by atoms with Crippen LogP contribution in [0.15, 0.2) is 24.4 Å². The third-order valence-corrected chi connectivity index (χ3v) is 5.48. The minimum Gasteiger partial charge on any atom is -0.342 e. The molecule has 0 N–H and O–H groups in total. The minimum absolute atomic E-state index is 0.385. The van der Waals surface area contributed by atoms with Crippen LogP contribution in [0.25, 0.3) is 0 Å². The fourth-order valence-corrected chi connectivity index (χ4v) is 3.81. The first-order chi connectivity index (χ1) is 10.8. The molecule has 0 aromatic carbocycles. The van der Waals surface area contributed by atoms with Crippen molar-refractivity contribution in [1.29, 1.82) is 0 Å². The summed E-state index contributed by atoms with van der Waals surface area (Å²) >= 11 is 0. The van der Waals surface area contributed by atoms with E-state index in [1.54, 1.807) is 0 Å². The molecule has 1 aliphatic carbocycles. The molecule has 0 spiro atoms. The van der Waals surface area contributed by atoms with Gasteiger partial charge in [0.2, 0.25) is 5.91 Å². The van der Waals surface area contributed by atoms with E-state index in [0.717, 1.165) is 51.4 Å². The van der Waals surface area contributed by atoms with Gasteiger partial charge >= 0.3 is 0 Å². The van der Waals surface area contributed by atoms with Crippen molar-refractivity contribution < 1.29 is 4.79 Å². The topological polar surface area (TPSA) is 36.4 Å². The number of carbonyl (C=O) groups is 1. The molecule has 4 nitrogen and oxygen atoms in total. The van der Waals surface area contributed by atoms with Gasteiger partial charge in [0.25, 0.3) is 0 Å². The molecule has 22 heavy (non-hydrogen) atoms. The van der Waals surface area contributed by atoms with Gasteiger partial charge in [-0.25, -0.2) is 0 Å². The Bertz CT molecular complexity index is 522. The van der Waals surface area contributed by atoms with E-state index in [2.05, 4.69) is 26.9 Å². The number of carbonyl (C=O) groups excluding carboxylic acids is 1. The van der Waals surface area contributed by atoms with Crippen molar-refractivity contribution in [2.24, 2.45) is 5.92 Å². The van der Waals surface area contributed by atoms with E-state index in [9.17, 15) is 4.79 Å². The zero-order valence-corrected chi connectivity index (χ0v) is 13.2. The first-order valence-corrected chi connectivity index (χ1v) is 8.72. The minimum atomic E-state index is 0.385. The maximum Gasteiger partial charge on any atom is 0.222 e. The average molecular weight is 299 g/mol. The Morgan fingerprint density at radius 2 is 2.00 bits per heavy atom. The van der Waals surface area contributed by atoms with E-state index in [1.807, 2.05) is 12.3 Å². The van der Waals surface area contributed by atoms with Crippen LogP contribution in [-0.4, -0.2) is 52.9 Å². The molecule has 3 aliphatic rings. The lowest BCUT2D eigenvalue weighted by molar-refractivity contribution is -0.130. The molecule has 118 valence electrons. The Labute approximate surface area is 132 Å². The van der Waals surface area contributed by atoms with Crippen LogP contribution in [0.3, 0.4) is 0 Å². The molecular weight excluding hydrogens is 274 g/mol. The number of amides is 1. The van der Waals surface area contributed by atoms with Gasteiger partial charge in [-0.05, 0) is 43.7 Å². The Morgan fingerprint density at radius 1 is 1.14 bits per heavy atom. The summed E-state index contributed by atoms with van der Waals surface area (Å²) in [4.78, 5) is 21.4. The van der Waals surface area contributed by atoms with Crippen LogP contribution in [-0.2, 0) is 4.79 Å². The number of hydrogen-bond donors (Lipinski definition) is 0. The highest BCUT2D eigenvalue weighted by atomic mass is 16.2. The van der Waals surface area contributed by atoms with E-state index in [4.69, 9.17) is 0 Å². The summed E-state index contributed by atoms with van der Waals surface area (Å²) in [5.74, 6) is 1.77. The third-order valence-electron chi connectivity index (χ3n) is 5.48. The molecule has 1 unspecified atom stereocenters. The summed E-state index contributed by atoms with van der Waals surface area (Å²) in [7, 11) is 0. The molecule has 2 saturated heterocycles. The predicted octanol–water partition coefficient (Wildman–Crippen LogP) is 2.27. The number of pyridine rings is 1. The summed E-state index contributed by atoms with van der Waals surface area (Å²) in [5.41, 5.74) is 1.22. The van der Waals surface area contributed by atoms with E-state index >= 15 is 0 Å². The number of hydrogen-bond acceptors (Lipinski definition) is 3. The van der Waals surface area contributed by atoms with Crippen molar-refractivity contribution >= 4 is 5.91 Å². The van der Waals surface area contributed by atoms with Crippen molar-refractivity contribution in [3.63, 3.8) is 0 Å². The van der Waals surface area contributed by atoms with Crippen LogP contribution in [0, 0.1) is 5.92 Å². The second-order valence-electron chi connectivity index (χ2n) is 7.17. The third kappa shape index (κ3) is 3.02. The number of nitrogens with zero attached hydrogens (tertiary/aromatic N) is 3. The van der Waals surface area contributed by atoms with E-state index in [0.29, 0.717) is 17.9 Å².